The van der Waals surface area contributed by atoms with E-state index in [1.54, 1.807) is 23.6 Å². The fraction of sp³-hybridized carbons (Fsp3) is 0.300. The lowest BCUT2D eigenvalue weighted by molar-refractivity contribution is 0.174. The Morgan fingerprint density at radius 1 is 1.27 bits per heavy atom. The Bertz CT molecular complexity index is 1050. The van der Waals surface area contributed by atoms with Gasteiger partial charge < -0.3 is 10.1 Å². The second kappa shape index (κ2) is 8.53. The summed E-state index contributed by atoms with van der Waals surface area (Å²) in [5.41, 5.74) is 0.986. The van der Waals surface area contributed by atoms with Crippen LogP contribution in [-0.2, 0) is 4.74 Å². The Kier molecular flexibility index (Phi) is 5.83. The fourth-order valence-corrected chi connectivity index (χ4v) is 4.12. The van der Waals surface area contributed by atoms with Crippen LogP contribution in [0.3, 0.4) is 0 Å². The molecule has 0 radical (unpaired) electrons. The Hall–Kier alpha value is -2.78. The lowest BCUT2D eigenvalue weighted by Gasteiger charge is -2.22. The molecule has 0 spiro atoms. The summed E-state index contributed by atoms with van der Waals surface area (Å²) in [7, 11) is 0. The molecule has 156 valence electrons. The highest BCUT2D eigenvalue weighted by molar-refractivity contribution is 7.15. The number of carbonyl (C=O) groups excluding carboxylic acids is 1. The number of nitrogens with zero attached hydrogens (tertiary/aromatic N) is 4. The number of rotatable bonds is 6. The topological polar surface area (TPSA) is 80.2 Å². The molecule has 2 aromatic heterocycles. The summed E-state index contributed by atoms with van der Waals surface area (Å²) in [4.78, 5) is 27.4. The normalized spacial score (nSPS) is 18.2. The first-order valence-electron chi connectivity index (χ1n) is 9.33. The van der Waals surface area contributed by atoms with Crippen molar-refractivity contribution in [3.8, 4) is 10.6 Å². The van der Waals surface area contributed by atoms with E-state index in [2.05, 4.69) is 20.3 Å². The van der Waals surface area contributed by atoms with Gasteiger partial charge in [0, 0.05) is 27.9 Å². The van der Waals surface area contributed by atoms with E-state index < -0.39 is 18.3 Å². The number of aromatic nitrogens is 3. The summed E-state index contributed by atoms with van der Waals surface area (Å²) in [5.74, 6) is 0.620. The van der Waals surface area contributed by atoms with E-state index in [0.717, 1.165) is 15.4 Å². The summed E-state index contributed by atoms with van der Waals surface area (Å²) in [6, 6.07) is 8.23. The third-order valence-electron chi connectivity index (χ3n) is 4.71. The summed E-state index contributed by atoms with van der Waals surface area (Å²) in [6.45, 7) is 3.35. The van der Waals surface area contributed by atoms with E-state index in [4.69, 9.17) is 16.3 Å². The maximum absolute atomic E-state index is 13.9. The predicted molar refractivity (Wildman–Crippen MR) is 115 cm³/mol. The number of hydrogen-bond acceptors (Lipinski definition) is 7. The molecule has 1 aromatic carbocycles. The maximum Gasteiger partial charge on any atom is 0.416 e. The molecule has 1 unspecified atom stereocenters. The number of thiazole rings is 1. The lowest BCUT2D eigenvalue weighted by Crippen LogP contribution is -2.39. The molecular formula is C20H19ClFN5O2S. The van der Waals surface area contributed by atoms with Crippen molar-refractivity contribution in [2.24, 2.45) is 0 Å². The molecule has 1 N–H and O–H groups in total. The van der Waals surface area contributed by atoms with E-state index in [9.17, 15) is 9.18 Å². The molecule has 0 bridgehead atoms. The SMILES string of the molecule is C[C@H](Nc1nccc(N2C(=O)OCC2[C@H](C)F)n1)c1cnc(-c2ccc(Cl)cc2)s1. The molecular weight excluding hydrogens is 429 g/mol. The summed E-state index contributed by atoms with van der Waals surface area (Å²) in [5, 5.41) is 4.76. The number of ether oxygens (including phenoxy) is 1. The first kappa shape index (κ1) is 20.5. The van der Waals surface area contributed by atoms with Crippen molar-refractivity contribution in [1.82, 2.24) is 15.0 Å². The molecule has 3 aromatic rings. The Morgan fingerprint density at radius 3 is 2.77 bits per heavy atom. The van der Waals surface area contributed by atoms with Crippen LogP contribution in [0.5, 0.6) is 0 Å². The van der Waals surface area contributed by atoms with Crippen LogP contribution in [0.1, 0.15) is 24.8 Å². The molecule has 0 aliphatic carbocycles. The van der Waals surface area contributed by atoms with Crippen LogP contribution < -0.4 is 10.2 Å². The van der Waals surface area contributed by atoms with Gasteiger partial charge in [-0.1, -0.05) is 23.7 Å². The molecule has 1 aliphatic rings. The maximum atomic E-state index is 13.9. The molecule has 1 saturated heterocycles. The van der Waals surface area contributed by atoms with Crippen molar-refractivity contribution < 1.29 is 13.9 Å². The number of benzene rings is 1. The van der Waals surface area contributed by atoms with Crippen LogP contribution in [0, 0.1) is 0 Å². The monoisotopic (exact) mass is 447 g/mol. The minimum atomic E-state index is -1.25. The Balaban J connectivity index is 1.50. The van der Waals surface area contributed by atoms with Crippen molar-refractivity contribution in [2.45, 2.75) is 32.1 Å². The third kappa shape index (κ3) is 4.22. The standard InChI is InChI=1S/C20H19ClFN5O2S/c1-11(22)15-10-29-20(28)27(15)17-7-8-23-19(26-17)25-12(2)16-9-24-18(30-16)13-3-5-14(21)6-4-13/h3-9,11-12,15H,10H2,1-2H3,(H,23,25,26)/t11-,12-,15?/m0/s1. The predicted octanol–water partition coefficient (Wildman–Crippen LogP) is 5.11. The number of halogens is 2. The second-order valence-corrected chi connectivity index (χ2v) is 8.37. The van der Waals surface area contributed by atoms with E-state index in [-0.39, 0.29) is 12.6 Å². The number of nitrogens with one attached hydrogen (secondary N) is 1. The molecule has 7 nitrogen and oxygen atoms in total. The van der Waals surface area contributed by atoms with Gasteiger partial charge in [-0.2, -0.15) is 4.98 Å². The second-order valence-electron chi connectivity index (χ2n) is 6.87. The number of anilines is 2. The van der Waals surface area contributed by atoms with Crippen LogP contribution in [0.15, 0.2) is 42.7 Å². The number of carbonyl (C=O) groups is 1. The average molecular weight is 448 g/mol. The zero-order valence-electron chi connectivity index (χ0n) is 16.3. The first-order valence-corrected chi connectivity index (χ1v) is 10.5. The molecule has 1 aliphatic heterocycles. The van der Waals surface area contributed by atoms with Gasteiger partial charge in [0.05, 0.1) is 6.04 Å². The molecule has 10 heteroatoms. The number of cyclic esters (lactones) is 1. The summed E-state index contributed by atoms with van der Waals surface area (Å²) in [6.07, 6.45) is 1.46. The van der Waals surface area contributed by atoms with E-state index in [1.807, 2.05) is 31.2 Å². The number of alkyl halides is 1. The molecule has 1 amide bonds. The van der Waals surface area contributed by atoms with Gasteiger partial charge in [0.1, 0.15) is 29.6 Å². The third-order valence-corrected chi connectivity index (χ3v) is 6.19. The highest BCUT2D eigenvalue weighted by Gasteiger charge is 2.39. The first-order chi connectivity index (χ1) is 14.4. The van der Waals surface area contributed by atoms with Crippen molar-refractivity contribution in [3.05, 3.63) is 52.6 Å². The highest BCUT2D eigenvalue weighted by Crippen LogP contribution is 2.31. The van der Waals surface area contributed by atoms with Crippen molar-refractivity contribution in [1.29, 1.82) is 0 Å². The van der Waals surface area contributed by atoms with Gasteiger partial charge in [0.25, 0.3) is 0 Å². The highest BCUT2D eigenvalue weighted by atomic mass is 35.5. The lowest BCUT2D eigenvalue weighted by atomic mass is 10.2. The van der Waals surface area contributed by atoms with E-state index >= 15 is 0 Å². The quantitative estimate of drug-likeness (QED) is 0.565. The van der Waals surface area contributed by atoms with Crippen LogP contribution in [-0.4, -0.2) is 39.9 Å². The van der Waals surface area contributed by atoms with Gasteiger partial charge in [-0.3, -0.25) is 4.90 Å². The fourth-order valence-electron chi connectivity index (χ4n) is 3.07. The molecule has 3 heterocycles. The average Bonchev–Trinajstić information content (AvgIpc) is 3.36. The summed E-state index contributed by atoms with van der Waals surface area (Å²) >= 11 is 7.49. The molecule has 30 heavy (non-hydrogen) atoms. The van der Waals surface area contributed by atoms with Crippen LogP contribution >= 0.6 is 22.9 Å². The number of amides is 1. The van der Waals surface area contributed by atoms with Crippen molar-refractivity contribution >= 4 is 40.8 Å². The van der Waals surface area contributed by atoms with Crippen LogP contribution in [0.25, 0.3) is 10.6 Å². The van der Waals surface area contributed by atoms with Crippen LogP contribution in [0.2, 0.25) is 5.02 Å². The molecule has 4 rings (SSSR count). The van der Waals surface area contributed by atoms with Crippen molar-refractivity contribution in [3.63, 3.8) is 0 Å². The number of hydrogen-bond donors (Lipinski definition) is 1. The van der Waals surface area contributed by atoms with Crippen LogP contribution in [0.4, 0.5) is 21.0 Å². The minimum absolute atomic E-state index is 0.00595. The van der Waals surface area contributed by atoms with Gasteiger partial charge in [0.2, 0.25) is 5.95 Å². The van der Waals surface area contributed by atoms with E-state index in [0.29, 0.717) is 16.8 Å². The molecule has 0 saturated carbocycles. The Labute approximate surface area is 181 Å². The minimum Gasteiger partial charge on any atom is -0.447 e. The zero-order valence-corrected chi connectivity index (χ0v) is 17.8. The smallest absolute Gasteiger partial charge is 0.416 e. The summed E-state index contributed by atoms with van der Waals surface area (Å²) < 4.78 is 18.9. The molecule has 3 atom stereocenters. The zero-order chi connectivity index (χ0) is 21.3. The largest absolute Gasteiger partial charge is 0.447 e. The van der Waals surface area contributed by atoms with Crippen molar-refractivity contribution in [2.75, 3.05) is 16.8 Å². The van der Waals surface area contributed by atoms with Gasteiger partial charge in [-0.15, -0.1) is 11.3 Å². The van der Waals surface area contributed by atoms with Gasteiger partial charge >= 0.3 is 6.09 Å². The van der Waals surface area contributed by atoms with E-state index in [1.165, 1.54) is 18.0 Å². The van der Waals surface area contributed by atoms with Gasteiger partial charge in [-0.05, 0) is 32.0 Å². The van der Waals surface area contributed by atoms with Gasteiger partial charge in [-0.25, -0.2) is 19.2 Å². The van der Waals surface area contributed by atoms with Gasteiger partial charge in [0.15, 0.2) is 0 Å². The molecule has 1 fully saturated rings. The Morgan fingerprint density at radius 2 is 2.03 bits per heavy atom.